The third-order valence-electron chi connectivity index (χ3n) is 5.61. The lowest BCUT2D eigenvalue weighted by Gasteiger charge is -2.17. The van der Waals surface area contributed by atoms with Gasteiger partial charge in [-0.15, -0.1) is 0 Å². The van der Waals surface area contributed by atoms with Crippen LogP contribution >= 0.6 is 0 Å². The van der Waals surface area contributed by atoms with Crippen LogP contribution in [0.3, 0.4) is 0 Å². The van der Waals surface area contributed by atoms with Gasteiger partial charge in [0.25, 0.3) is 5.69 Å². The van der Waals surface area contributed by atoms with Gasteiger partial charge < -0.3 is 9.97 Å². The lowest BCUT2D eigenvalue weighted by molar-refractivity contribution is -0.385. The predicted octanol–water partition coefficient (Wildman–Crippen LogP) is 5.93. The Labute approximate surface area is 167 Å². The van der Waals surface area contributed by atoms with E-state index in [1.54, 1.807) is 12.1 Å². The maximum Gasteiger partial charge on any atom is 0.272 e. The van der Waals surface area contributed by atoms with E-state index in [4.69, 9.17) is 0 Å². The Morgan fingerprint density at radius 2 is 1.28 bits per heavy atom. The number of para-hydroxylation sites is 3. The number of rotatable bonds is 5. The number of aromatic amines is 2. The van der Waals surface area contributed by atoms with Crippen molar-refractivity contribution in [2.75, 3.05) is 0 Å². The molecular formula is C24H19N3O2. The van der Waals surface area contributed by atoms with Crippen LogP contribution < -0.4 is 0 Å². The summed E-state index contributed by atoms with van der Waals surface area (Å²) in [6, 6.07) is 23.4. The van der Waals surface area contributed by atoms with Crippen LogP contribution in [-0.2, 0) is 6.42 Å². The molecule has 0 radical (unpaired) electrons. The van der Waals surface area contributed by atoms with Crippen LogP contribution in [0.15, 0.2) is 85.2 Å². The maximum atomic E-state index is 11.6. The summed E-state index contributed by atoms with van der Waals surface area (Å²) in [5, 5.41) is 13.9. The summed E-state index contributed by atoms with van der Waals surface area (Å²) >= 11 is 0. The second-order valence-electron chi connectivity index (χ2n) is 7.22. The van der Waals surface area contributed by atoms with Crippen LogP contribution in [0.25, 0.3) is 21.8 Å². The standard InChI is InChI=1S/C24H19N3O2/c28-27(29)24-12-6-1-7-16(24)13-19(20-14-25-22-10-4-2-8-17(20)22)21-15-26-23-11-5-3-9-18(21)23/h1-12,14-15,19,25-26H,13H2. The summed E-state index contributed by atoms with van der Waals surface area (Å²) in [7, 11) is 0. The van der Waals surface area contributed by atoms with Crippen molar-refractivity contribution in [3.8, 4) is 0 Å². The minimum absolute atomic E-state index is 0.0246. The summed E-state index contributed by atoms with van der Waals surface area (Å²) < 4.78 is 0. The number of nitrogens with zero attached hydrogens (tertiary/aromatic N) is 1. The average molecular weight is 381 g/mol. The predicted molar refractivity (Wildman–Crippen MR) is 115 cm³/mol. The van der Waals surface area contributed by atoms with Gasteiger partial charge in [0.2, 0.25) is 0 Å². The number of nitrogens with one attached hydrogen (secondary N) is 2. The van der Waals surface area contributed by atoms with Crippen LogP contribution in [0.4, 0.5) is 5.69 Å². The Morgan fingerprint density at radius 3 is 1.86 bits per heavy atom. The van der Waals surface area contributed by atoms with Crippen molar-refractivity contribution in [2.45, 2.75) is 12.3 Å². The fourth-order valence-corrected chi connectivity index (χ4v) is 4.23. The zero-order valence-electron chi connectivity index (χ0n) is 15.6. The molecule has 5 nitrogen and oxygen atoms in total. The highest BCUT2D eigenvalue weighted by molar-refractivity contribution is 5.88. The van der Waals surface area contributed by atoms with Crippen LogP contribution in [-0.4, -0.2) is 14.9 Å². The quantitative estimate of drug-likeness (QED) is 0.292. The van der Waals surface area contributed by atoms with Gasteiger partial charge in [-0.1, -0.05) is 54.6 Å². The van der Waals surface area contributed by atoms with Gasteiger partial charge in [0.15, 0.2) is 0 Å². The van der Waals surface area contributed by atoms with E-state index in [-0.39, 0.29) is 16.5 Å². The van der Waals surface area contributed by atoms with E-state index in [2.05, 4.69) is 34.2 Å². The van der Waals surface area contributed by atoms with Crippen LogP contribution in [0.1, 0.15) is 22.6 Å². The van der Waals surface area contributed by atoms with Gasteiger partial charge in [0.1, 0.15) is 0 Å². The number of fused-ring (bicyclic) bond motifs is 2. The summed E-state index contributed by atoms with van der Waals surface area (Å²) in [5.41, 5.74) is 5.31. The molecule has 0 saturated heterocycles. The summed E-state index contributed by atoms with van der Waals surface area (Å²) in [4.78, 5) is 18.0. The van der Waals surface area contributed by atoms with E-state index in [1.807, 2.05) is 48.8 Å². The molecule has 0 fully saturated rings. The molecule has 0 saturated carbocycles. The number of aromatic nitrogens is 2. The largest absolute Gasteiger partial charge is 0.361 e. The van der Waals surface area contributed by atoms with Gasteiger partial charge in [0, 0.05) is 51.7 Å². The zero-order chi connectivity index (χ0) is 19.8. The van der Waals surface area contributed by atoms with Gasteiger partial charge in [-0.3, -0.25) is 10.1 Å². The second-order valence-corrected chi connectivity index (χ2v) is 7.22. The normalized spacial score (nSPS) is 11.5. The van der Waals surface area contributed by atoms with Crippen molar-refractivity contribution in [1.29, 1.82) is 0 Å². The van der Waals surface area contributed by atoms with Crippen LogP contribution in [0, 0.1) is 10.1 Å². The van der Waals surface area contributed by atoms with Gasteiger partial charge in [-0.25, -0.2) is 0 Å². The summed E-state index contributed by atoms with van der Waals surface area (Å²) in [5.74, 6) is -0.0246. The van der Waals surface area contributed by atoms with Crippen molar-refractivity contribution >= 4 is 27.5 Å². The smallest absolute Gasteiger partial charge is 0.272 e. The first-order valence-corrected chi connectivity index (χ1v) is 9.56. The highest BCUT2D eigenvalue weighted by atomic mass is 16.6. The summed E-state index contributed by atoms with van der Waals surface area (Å²) in [6.45, 7) is 0. The highest BCUT2D eigenvalue weighted by Crippen LogP contribution is 2.38. The molecule has 0 spiro atoms. The monoisotopic (exact) mass is 381 g/mol. The molecule has 0 bridgehead atoms. The fraction of sp³-hybridized carbons (Fsp3) is 0.0833. The first-order chi connectivity index (χ1) is 14.2. The van der Waals surface area contributed by atoms with Crippen LogP contribution in [0.5, 0.6) is 0 Å². The van der Waals surface area contributed by atoms with E-state index in [9.17, 15) is 10.1 Å². The number of H-pyrrole nitrogens is 2. The van der Waals surface area contributed by atoms with E-state index >= 15 is 0 Å². The fourth-order valence-electron chi connectivity index (χ4n) is 4.23. The number of hydrogen-bond acceptors (Lipinski definition) is 2. The third-order valence-corrected chi connectivity index (χ3v) is 5.61. The Morgan fingerprint density at radius 1 is 0.759 bits per heavy atom. The molecule has 5 heteroatoms. The number of nitro groups is 1. The topological polar surface area (TPSA) is 74.7 Å². The van der Waals surface area contributed by atoms with Crippen molar-refractivity contribution in [3.63, 3.8) is 0 Å². The molecule has 3 aromatic carbocycles. The molecule has 0 unspecified atom stereocenters. The second kappa shape index (κ2) is 6.95. The SMILES string of the molecule is O=[N+]([O-])c1ccccc1CC(c1c[nH]c2ccccc12)c1c[nH]c2ccccc12. The molecule has 5 aromatic rings. The van der Waals surface area contributed by atoms with E-state index in [1.165, 1.54) is 0 Å². The molecule has 0 aliphatic heterocycles. The Bertz CT molecular complexity index is 1260. The Hall–Kier alpha value is -3.86. The van der Waals surface area contributed by atoms with E-state index in [0.29, 0.717) is 6.42 Å². The van der Waals surface area contributed by atoms with Crippen molar-refractivity contribution in [3.05, 3.63) is 112 Å². The first-order valence-electron chi connectivity index (χ1n) is 9.56. The molecular weight excluding hydrogens is 362 g/mol. The zero-order valence-corrected chi connectivity index (χ0v) is 15.6. The third kappa shape index (κ3) is 2.97. The highest BCUT2D eigenvalue weighted by Gasteiger charge is 2.24. The molecule has 0 aliphatic carbocycles. The lowest BCUT2D eigenvalue weighted by atomic mass is 9.85. The molecule has 5 rings (SSSR count). The molecule has 0 atom stereocenters. The van der Waals surface area contributed by atoms with Gasteiger partial charge in [-0.05, 0) is 29.7 Å². The van der Waals surface area contributed by atoms with Crippen molar-refractivity contribution in [2.24, 2.45) is 0 Å². The van der Waals surface area contributed by atoms with Crippen molar-refractivity contribution in [1.82, 2.24) is 9.97 Å². The number of benzene rings is 3. The molecule has 0 aliphatic rings. The molecule has 0 amide bonds. The van der Waals surface area contributed by atoms with Crippen molar-refractivity contribution < 1.29 is 4.92 Å². The van der Waals surface area contributed by atoms with E-state index in [0.717, 1.165) is 38.5 Å². The Kier molecular flexibility index (Phi) is 4.13. The van der Waals surface area contributed by atoms with Crippen LogP contribution in [0.2, 0.25) is 0 Å². The molecule has 142 valence electrons. The minimum atomic E-state index is -0.295. The van der Waals surface area contributed by atoms with Gasteiger partial charge >= 0.3 is 0 Å². The number of hydrogen-bond donors (Lipinski definition) is 2. The molecule has 2 heterocycles. The lowest BCUT2D eigenvalue weighted by Crippen LogP contribution is -2.06. The average Bonchev–Trinajstić information content (AvgIpc) is 3.37. The van der Waals surface area contributed by atoms with Gasteiger partial charge in [0.05, 0.1) is 4.92 Å². The maximum absolute atomic E-state index is 11.6. The molecule has 2 aromatic heterocycles. The first kappa shape index (κ1) is 17.3. The van der Waals surface area contributed by atoms with E-state index < -0.39 is 0 Å². The summed E-state index contributed by atoms with van der Waals surface area (Å²) in [6.07, 6.45) is 4.61. The molecule has 29 heavy (non-hydrogen) atoms. The Balaban J connectivity index is 1.71. The number of nitro benzene ring substituents is 1. The minimum Gasteiger partial charge on any atom is -0.361 e. The molecule has 2 N–H and O–H groups in total. The van der Waals surface area contributed by atoms with Gasteiger partial charge in [-0.2, -0.15) is 0 Å².